The summed E-state index contributed by atoms with van der Waals surface area (Å²) in [6, 6.07) is 26.2. The van der Waals surface area contributed by atoms with Gasteiger partial charge in [0, 0.05) is 6.42 Å². The lowest BCUT2D eigenvalue weighted by atomic mass is 10.0. The fourth-order valence-electron chi connectivity index (χ4n) is 3.16. The Bertz CT molecular complexity index is 963. The maximum atomic E-state index is 10.8. The summed E-state index contributed by atoms with van der Waals surface area (Å²) < 4.78 is 0. The van der Waals surface area contributed by atoms with Crippen LogP contribution in [0.1, 0.15) is 30.0 Å². The van der Waals surface area contributed by atoms with E-state index in [-0.39, 0.29) is 6.42 Å². The van der Waals surface area contributed by atoms with E-state index in [1.807, 2.05) is 42.5 Å². The molecule has 0 aliphatic carbocycles. The van der Waals surface area contributed by atoms with Crippen LogP contribution >= 0.6 is 0 Å². The van der Waals surface area contributed by atoms with Crippen LogP contribution in [0.5, 0.6) is 0 Å². The Morgan fingerprint density at radius 3 is 2.28 bits per heavy atom. The highest BCUT2D eigenvalue weighted by Crippen LogP contribution is 2.20. The van der Waals surface area contributed by atoms with Crippen molar-refractivity contribution in [2.24, 2.45) is 5.16 Å². The summed E-state index contributed by atoms with van der Waals surface area (Å²) in [4.78, 5) is 16.4. The van der Waals surface area contributed by atoms with Crippen LogP contribution < -0.4 is 0 Å². The second-order valence-corrected chi connectivity index (χ2v) is 6.81. The van der Waals surface area contributed by atoms with Crippen LogP contribution in [-0.4, -0.2) is 23.4 Å². The summed E-state index contributed by atoms with van der Waals surface area (Å²) in [7, 11) is 0. The minimum absolute atomic E-state index is 0.0335. The summed E-state index contributed by atoms with van der Waals surface area (Å²) in [6.07, 6.45) is 1.49. The van der Waals surface area contributed by atoms with Crippen molar-refractivity contribution in [1.82, 2.24) is 0 Å². The maximum Gasteiger partial charge on any atom is 0.307 e. The molecule has 0 heterocycles. The molecule has 148 valence electrons. The number of aliphatic carboxylic acids is 1. The predicted octanol–water partition coefficient (Wildman–Crippen LogP) is 5.35. The number of carbonyl (C=O) groups is 1. The first-order chi connectivity index (χ1) is 14.2. The quantitative estimate of drug-likeness (QED) is 0.306. The third-order valence-electron chi connectivity index (χ3n) is 4.66. The maximum absolute atomic E-state index is 10.8. The standard InChI is InChI=1S/C25H25NO3/c1-2-24(23-13-11-22(12-14-23)21-9-4-3-5-10-21)26-29-16-15-19-7-6-8-20(17-19)18-25(27)28/h3-14,17H,2,15-16,18H2,1H3,(H,27,28)/b26-24+. The second kappa shape index (κ2) is 10.2. The monoisotopic (exact) mass is 387 g/mol. The van der Waals surface area contributed by atoms with Crippen LogP contribution in [0.3, 0.4) is 0 Å². The van der Waals surface area contributed by atoms with Gasteiger partial charge in [0.25, 0.3) is 0 Å². The van der Waals surface area contributed by atoms with E-state index >= 15 is 0 Å². The van der Waals surface area contributed by atoms with Crippen molar-refractivity contribution >= 4 is 11.7 Å². The molecule has 0 radical (unpaired) electrons. The number of carboxylic acids is 1. The van der Waals surface area contributed by atoms with Crippen molar-refractivity contribution in [3.8, 4) is 11.1 Å². The fourth-order valence-corrected chi connectivity index (χ4v) is 3.16. The number of oxime groups is 1. The molecule has 0 bridgehead atoms. The molecule has 0 atom stereocenters. The molecule has 0 aliphatic rings. The predicted molar refractivity (Wildman–Crippen MR) is 116 cm³/mol. The van der Waals surface area contributed by atoms with Crippen molar-refractivity contribution < 1.29 is 14.7 Å². The molecule has 3 aromatic carbocycles. The van der Waals surface area contributed by atoms with Gasteiger partial charge in [-0.05, 0) is 34.2 Å². The topological polar surface area (TPSA) is 58.9 Å². The fraction of sp³-hybridized carbons (Fsp3) is 0.200. The van der Waals surface area contributed by atoms with Crippen molar-refractivity contribution in [2.75, 3.05) is 6.61 Å². The van der Waals surface area contributed by atoms with Gasteiger partial charge in [-0.15, -0.1) is 0 Å². The highest BCUT2D eigenvalue weighted by Gasteiger charge is 2.05. The van der Waals surface area contributed by atoms with Gasteiger partial charge in [0.05, 0.1) is 12.1 Å². The summed E-state index contributed by atoms with van der Waals surface area (Å²) in [5, 5.41) is 13.2. The third kappa shape index (κ3) is 6.04. The lowest BCUT2D eigenvalue weighted by Gasteiger charge is -2.07. The van der Waals surface area contributed by atoms with E-state index in [0.29, 0.717) is 13.0 Å². The van der Waals surface area contributed by atoms with E-state index in [1.165, 1.54) is 11.1 Å². The minimum atomic E-state index is -0.825. The summed E-state index contributed by atoms with van der Waals surface area (Å²) in [6.45, 7) is 2.50. The SMILES string of the molecule is CC/C(=N\OCCc1cccc(CC(=O)O)c1)c1ccc(-c2ccccc2)cc1. The molecule has 0 unspecified atom stereocenters. The molecule has 0 saturated heterocycles. The van der Waals surface area contributed by atoms with E-state index in [2.05, 4.69) is 48.5 Å². The minimum Gasteiger partial charge on any atom is -0.481 e. The van der Waals surface area contributed by atoms with Gasteiger partial charge in [0.2, 0.25) is 0 Å². The molecule has 0 saturated carbocycles. The lowest BCUT2D eigenvalue weighted by Crippen LogP contribution is -2.03. The molecule has 0 amide bonds. The van der Waals surface area contributed by atoms with Gasteiger partial charge < -0.3 is 9.94 Å². The van der Waals surface area contributed by atoms with E-state index < -0.39 is 5.97 Å². The molecule has 4 nitrogen and oxygen atoms in total. The Kier molecular flexibility index (Phi) is 7.17. The molecule has 0 aliphatic heterocycles. The number of nitrogens with zero attached hydrogens (tertiary/aromatic N) is 1. The molecule has 29 heavy (non-hydrogen) atoms. The van der Waals surface area contributed by atoms with E-state index in [9.17, 15) is 4.79 Å². The van der Waals surface area contributed by atoms with Gasteiger partial charge in [0.1, 0.15) is 6.61 Å². The first kappa shape index (κ1) is 20.3. The van der Waals surface area contributed by atoms with Gasteiger partial charge in [-0.25, -0.2) is 0 Å². The average molecular weight is 387 g/mol. The van der Waals surface area contributed by atoms with Crippen molar-refractivity contribution in [3.63, 3.8) is 0 Å². The normalized spacial score (nSPS) is 11.3. The summed E-state index contributed by atoms with van der Waals surface area (Å²) in [5.41, 5.74) is 6.16. The summed E-state index contributed by atoms with van der Waals surface area (Å²) in [5.74, 6) is -0.825. The third-order valence-corrected chi connectivity index (χ3v) is 4.66. The Hall–Kier alpha value is -3.40. The van der Waals surface area contributed by atoms with Crippen LogP contribution in [0.2, 0.25) is 0 Å². The molecule has 0 spiro atoms. The smallest absolute Gasteiger partial charge is 0.307 e. The molecular formula is C25H25NO3. The molecule has 0 aromatic heterocycles. The van der Waals surface area contributed by atoms with Crippen LogP contribution in [-0.2, 0) is 22.5 Å². The number of hydrogen-bond donors (Lipinski definition) is 1. The molecule has 0 fully saturated rings. The number of hydrogen-bond acceptors (Lipinski definition) is 3. The summed E-state index contributed by atoms with van der Waals surface area (Å²) >= 11 is 0. The Labute approximate surface area is 171 Å². The van der Waals surface area contributed by atoms with E-state index in [4.69, 9.17) is 9.94 Å². The number of rotatable bonds is 9. The van der Waals surface area contributed by atoms with Crippen molar-refractivity contribution in [3.05, 3.63) is 95.6 Å². The van der Waals surface area contributed by atoms with Crippen molar-refractivity contribution in [1.29, 1.82) is 0 Å². The van der Waals surface area contributed by atoms with Gasteiger partial charge in [0.15, 0.2) is 0 Å². The molecule has 1 N–H and O–H groups in total. The van der Waals surface area contributed by atoms with Gasteiger partial charge in [-0.2, -0.15) is 0 Å². The first-order valence-electron chi connectivity index (χ1n) is 9.80. The van der Waals surface area contributed by atoms with Crippen LogP contribution in [0.15, 0.2) is 84.0 Å². The van der Waals surface area contributed by atoms with Crippen LogP contribution in [0.25, 0.3) is 11.1 Å². The Balaban J connectivity index is 1.58. The van der Waals surface area contributed by atoms with Crippen LogP contribution in [0, 0.1) is 0 Å². The zero-order valence-corrected chi connectivity index (χ0v) is 16.5. The number of benzene rings is 3. The molecule has 3 rings (SSSR count). The largest absolute Gasteiger partial charge is 0.481 e. The Morgan fingerprint density at radius 1 is 0.897 bits per heavy atom. The lowest BCUT2D eigenvalue weighted by molar-refractivity contribution is -0.136. The Morgan fingerprint density at radius 2 is 1.59 bits per heavy atom. The van der Waals surface area contributed by atoms with Gasteiger partial charge in [-0.3, -0.25) is 4.79 Å². The van der Waals surface area contributed by atoms with Gasteiger partial charge in [-0.1, -0.05) is 90.9 Å². The zero-order valence-electron chi connectivity index (χ0n) is 16.5. The highest BCUT2D eigenvalue weighted by atomic mass is 16.6. The highest BCUT2D eigenvalue weighted by molar-refractivity contribution is 6.00. The van der Waals surface area contributed by atoms with Crippen molar-refractivity contribution in [2.45, 2.75) is 26.2 Å². The van der Waals surface area contributed by atoms with Crippen LogP contribution in [0.4, 0.5) is 0 Å². The first-order valence-corrected chi connectivity index (χ1v) is 9.80. The van der Waals surface area contributed by atoms with E-state index in [0.717, 1.165) is 28.8 Å². The second-order valence-electron chi connectivity index (χ2n) is 6.81. The number of carboxylic acid groups (broad SMARTS) is 1. The molecule has 3 aromatic rings. The molecular weight excluding hydrogens is 362 g/mol. The molecule has 4 heteroatoms. The van der Waals surface area contributed by atoms with Gasteiger partial charge >= 0.3 is 5.97 Å². The van der Waals surface area contributed by atoms with E-state index in [1.54, 1.807) is 0 Å². The average Bonchev–Trinajstić information content (AvgIpc) is 2.74. The zero-order chi connectivity index (χ0) is 20.5.